The molecular formula is C22H26N4OS. The first-order valence-electron chi connectivity index (χ1n) is 9.77. The zero-order chi connectivity index (χ0) is 19.7. The quantitative estimate of drug-likeness (QED) is 0.623. The van der Waals surface area contributed by atoms with Crippen LogP contribution in [0.1, 0.15) is 53.8 Å². The van der Waals surface area contributed by atoms with Crippen LogP contribution in [-0.2, 0) is 6.54 Å². The average Bonchev–Trinajstić information content (AvgIpc) is 3.39. The van der Waals surface area contributed by atoms with Crippen LogP contribution in [0.3, 0.4) is 0 Å². The van der Waals surface area contributed by atoms with Gasteiger partial charge < -0.3 is 19.2 Å². The van der Waals surface area contributed by atoms with Crippen LogP contribution in [0.15, 0.2) is 53.3 Å². The molecule has 1 saturated heterocycles. The maximum Gasteiger partial charge on any atom is 0.170 e. The highest BCUT2D eigenvalue weighted by molar-refractivity contribution is 7.80. The molecular weight excluding hydrogens is 368 g/mol. The molecule has 146 valence electrons. The Hall–Kier alpha value is -2.60. The summed E-state index contributed by atoms with van der Waals surface area (Å²) in [5, 5.41) is 4.33. The number of pyridine rings is 1. The molecule has 0 aromatic carbocycles. The Kier molecular flexibility index (Phi) is 5.22. The number of aromatic nitrogens is 2. The second-order valence-electron chi connectivity index (χ2n) is 7.31. The van der Waals surface area contributed by atoms with E-state index in [1.807, 2.05) is 30.5 Å². The van der Waals surface area contributed by atoms with Gasteiger partial charge in [0.25, 0.3) is 0 Å². The van der Waals surface area contributed by atoms with Crippen molar-refractivity contribution in [3.8, 4) is 0 Å². The number of thiocarbonyl (C=S) groups is 1. The molecule has 28 heavy (non-hydrogen) atoms. The minimum atomic E-state index is 0.0396. The van der Waals surface area contributed by atoms with Gasteiger partial charge in [0.05, 0.1) is 30.6 Å². The van der Waals surface area contributed by atoms with E-state index in [1.165, 1.54) is 17.0 Å². The summed E-state index contributed by atoms with van der Waals surface area (Å²) in [6.07, 6.45) is 4.61. The van der Waals surface area contributed by atoms with E-state index in [4.69, 9.17) is 16.6 Å². The third-order valence-electron chi connectivity index (χ3n) is 5.49. The fourth-order valence-corrected chi connectivity index (χ4v) is 4.49. The molecule has 2 atom stereocenters. The van der Waals surface area contributed by atoms with Gasteiger partial charge in [-0.1, -0.05) is 13.0 Å². The highest BCUT2D eigenvalue weighted by atomic mass is 32.1. The molecule has 0 aliphatic carbocycles. The van der Waals surface area contributed by atoms with Crippen molar-refractivity contribution in [2.24, 2.45) is 0 Å². The van der Waals surface area contributed by atoms with Gasteiger partial charge in [-0.05, 0) is 68.4 Å². The molecule has 0 radical (unpaired) electrons. The van der Waals surface area contributed by atoms with Crippen LogP contribution >= 0.6 is 12.2 Å². The van der Waals surface area contributed by atoms with Gasteiger partial charge in [0.15, 0.2) is 5.11 Å². The molecule has 0 spiro atoms. The Bertz CT molecular complexity index is 949. The molecule has 0 bridgehead atoms. The molecule has 1 fully saturated rings. The minimum Gasteiger partial charge on any atom is -0.467 e. The maximum absolute atomic E-state index is 5.70. The molecule has 4 rings (SSSR count). The lowest BCUT2D eigenvalue weighted by molar-refractivity contribution is 0.316. The fraction of sp³-hybridized carbons (Fsp3) is 0.364. The van der Waals surface area contributed by atoms with Crippen LogP contribution in [0.25, 0.3) is 0 Å². The van der Waals surface area contributed by atoms with Crippen molar-refractivity contribution in [1.29, 1.82) is 0 Å². The number of nitrogens with zero attached hydrogens (tertiary/aromatic N) is 3. The number of rotatable bonds is 6. The van der Waals surface area contributed by atoms with Crippen LogP contribution in [-0.4, -0.2) is 26.1 Å². The van der Waals surface area contributed by atoms with E-state index in [1.54, 1.807) is 6.26 Å². The van der Waals surface area contributed by atoms with E-state index < -0.39 is 0 Å². The van der Waals surface area contributed by atoms with Crippen LogP contribution in [0.5, 0.6) is 0 Å². The predicted octanol–water partition coefficient (Wildman–Crippen LogP) is 4.52. The van der Waals surface area contributed by atoms with E-state index in [0.717, 1.165) is 36.1 Å². The zero-order valence-corrected chi connectivity index (χ0v) is 17.4. The standard InChI is InChI=1S/C22H26N4OS/c1-4-11-25-21(20(24-22(25)28)19-9-5-6-10-23-19)18-13-15(2)26(16(18)3)14-17-8-7-12-27-17/h5-10,12-13,20-21H,4,11,14H2,1-3H3,(H,24,28). The fourth-order valence-electron chi connectivity index (χ4n) is 4.15. The number of hydrogen-bond donors (Lipinski definition) is 1. The molecule has 3 aromatic rings. The molecule has 0 amide bonds. The largest absolute Gasteiger partial charge is 0.467 e. The van der Waals surface area contributed by atoms with Gasteiger partial charge in [0.1, 0.15) is 5.76 Å². The minimum absolute atomic E-state index is 0.0396. The van der Waals surface area contributed by atoms with Gasteiger partial charge in [-0.2, -0.15) is 0 Å². The third-order valence-corrected chi connectivity index (χ3v) is 5.84. The van der Waals surface area contributed by atoms with Gasteiger partial charge in [0.2, 0.25) is 0 Å². The lowest BCUT2D eigenvalue weighted by atomic mass is 9.96. The summed E-state index contributed by atoms with van der Waals surface area (Å²) < 4.78 is 7.89. The third kappa shape index (κ3) is 3.33. The molecule has 3 aromatic heterocycles. The lowest BCUT2D eigenvalue weighted by Crippen LogP contribution is -2.30. The summed E-state index contributed by atoms with van der Waals surface area (Å²) in [7, 11) is 0. The maximum atomic E-state index is 5.70. The zero-order valence-electron chi connectivity index (χ0n) is 16.6. The number of aryl methyl sites for hydroxylation is 1. The molecule has 2 unspecified atom stereocenters. The van der Waals surface area contributed by atoms with Crippen LogP contribution < -0.4 is 5.32 Å². The Morgan fingerprint density at radius 3 is 2.75 bits per heavy atom. The van der Waals surface area contributed by atoms with Crippen LogP contribution in [0.4, 0.5) is 0 Å². The highest BCUT2D eigenvalue weighted by Gasteiger charge is 2.40. The van der Waals surface area contributed by atoms with Gasteiger partial charge in [-0.25, -0.2) is 0 Å². The summed E-state index contributed by atoms with van der Waals surface area (Å²) in [5.41, 5.74) is 4.77. The molecule has 1 N–H and O–H groups in total. The van der Waals surface area contributed by atoms with Crippen molar-refractivity contribution in [3.63, 3.8) is 0 Å². The Morgan fingerprint density at radius 2 is 2.07 bits per heavy atom. The van der Waals surface area contributed by atoms with Gasteiger partial charge in [-0.3, -0.25) is 4.98 Å². The number of furan rings is 1. The SMILES string of the molecule is CCCN1C(=S)NC(c2ccccn2)C1c1cc(C)n(Cc2ccco2)c1C. The summed E-state index contributed by atoms with van der Waals surface area (Å²) in [5.74, 6) is 0.958. The van der Waals surface area contributed by atoms with Gasteiger partial charge in [0, 0.05) is 24.1 Å². The second-order valence-corrected chi connectivity index (χ2v) is 7.70. The topological polar surface area (TPSA) is 46.2 Å². The molecule has 6 heteroatoms. The first kappa shape index (κ1) is 18.7. The van der Waals surface area contributed by atoms with E-state index in [0.29, 0.717) is 0 Å². The van der Waals surface area contributed by atoms with Gasteiger partial charge in [-0.15, -0.1) is 0 Å². The normalized spacial score (nSPS) is 19.2. The van der Waals surface area contributed by atoms with E-state index in [-0.39, 0.29) is 12.1 Å². The lowest BCUT2D eigenvalue weighted by Gasteiger charge is -2.27. The Labute approximate surface area is 171 Å². The molecule has 1 aliphatic heterocycles. The monoisotopic (exact) mass is 394 g/mol. The van der Waals surface area contributed by atoms with Crippen LogP contribution in [0, 0.1) is 13.8 Å². The van der Waals surface area contributed by atoms with Crippen molar-refractivity contribution < 1.29 is 4.42 Å². The van der Waals surface area contributed by atoms with Crippen molar-refractivity contribution in [3.05, 3.63) is 77.3 Å². The summed E-state index contributed by atoms with van der Waals surface area (Å²) in [4.78, 5) is 6.93. The predicted molar refractivity (Wildman–Crippen MR) is 114 cm³/mol. The highest BCUT2D eigenvalue weighted by Crippen LogP contribution is 2.40. The molecule has 5 nitrogen and oxygen atoms in total. The Morgan fingerprint density at radius 1 is 1.21 bits per heavy atom. The van der Waals surface area contributed by atoms with Crippen molar-refractivity contribution in [2.45, 2.75) is 45.8 Å². The summed E-state index contributed by atoms with van der Waals surface area (Å²) >= 11 is 5.70. The van der Waals surface area contributed by atoms with Crippen molar-refractivity contribution in [1.82, 2.24) is 19.8 Å². The second kappa shape index (κ2) is 7.80. The molecule has 1 aliphatic rings. The van der Waals surface area contributed by atoms with E-state index in [9.17, 15) is 0 Å². The smallest absolute Gasteiger partial charge is 0.170 e. The first-order chi connectivity index (χ1) is 13.6. The summed E-state index contributed by atoms with van der Waals surface area (Å²) in [6.45, 7) is 8.18. The number of nitrogens with one attached hydrogen (secondary N) is 1. The van der Waals surface area contributed by atoms with Crippen molar-refractivity contribution in [2.75, 3.05) is 6.54 Å². The molecule has 4 heterocycles. The van der Waals surface area contributed by atoms with Crippen molar-refractivity contribution >= 4 is 17.3 Å². The van der Waals surface area contributed by atoms with E-state index in [2.05, 4.69) is 52.7 Å². The molecule has 0 saturated carbocycles. The Balaban J connectivity index is 1.76. The summed E-state index contributed by atoms with van der Waals surface area (Å²) in [6, 6.07) is 12.5. The number of hydrogen-bond acceptors (Lipinski definition) is 3. The first-order valence-corrected chi connectivity index (χ1v) is 10.2. The van der Waals surface area contributed by atoms with Crippen LogP contribution in [0.2, 0.25) is 0 Å². The van der Waals surface area contributed by atoms with E-state index >= 15 is 0 Å². The van der Waals surface area contributed by atoms with Gasteiger partial charge >= 0.3 is 0 Å². The average molecular weight is 395 g/mol.